The number of hydrogen-bond donors (Lipinski definition) is 1. The van der Waals surface area contributed by atoms with Gasteiger partial charge in [-0.25, -0.2) is 0 Å². The molecule has 0 bridgehead atoms. The van der Waals surface area contributed by atoms with Crippen LogP contribution in [0.15, 0.2) is 24.3 Å². The maximum absolute atomic E-state index is 10.1. The lowest BCUT2D eigenvalue weighted by atomic mass is 9.68. The summed E-state index contributed by atoms with van der Waals surface area (Å²) < 4.78 is 0. The van der Waals surface area contributed by atoms with Crippen LogP contribution in [0.25, 0.3) is 0 Å². The van der Waals surface area contributed by atoms with Crippen molar-refractivity contribution in [2.45, 2.75) is 51.1 Å². The largest absolute Gasteiger partial charge is 0.396 e. The minimum absolute atomic E-state index is 0.159. The van der Waals surface area contributed by atoms with Crippen molar-refractivity contribution in [1.29, 1.82) is 0 Å². The standard InChI is InChI=1S/C22H35N3O/c1-18-4-6-19(7-5-18)24-13-8-20(9-14-24)25-15-11-22(17-26)10-3-12-23(2)21(22)16-25/h4-7,20-21,26H,3,8-17H2,1-2H3/t21-,22-/m1/s1. The summed E-state index contributed by atoms with van der Waals surface area (Å²) >= 11 is 0. The van der Waals surface area contributed by atoms with Gasteiger partial charge in [0, 0.05) is 42.8 Å². The zero-order valence-corrected chi connectivity index (χ0v) is 16.5. The molecular formula is C22H35N3O. The first-order valence-electron chi connectivity index (χ1n) is 10.5. The van der Waals surface area contributed by atoms with Gasteiger partial charge in [-0.1, -0.05) is 17.7 Å². The van der Waals surface area contributed by atoms with Crippen LogP contribution in [0.5, 0.6) is 0 Å². The summed E-state index contributed by atoms with van der Waals surface area (Å²) in [5.41, 5.74) is 2.87. The SMILES string of the molecule is Cc1ccc(N2CCC(N3CC[C@@]4(CO)CCCN(C)[C@@H]4C3)CC2)cc1. The Labute approximate surface area is 158 Å². The summed E-state index contributed by atoms with van der Waals surface area (Å²) in [6.07, 6.45) is 6.13. The molecule has 4 nitrogen and oxygen atoms in total. The van der Waals surface area contributed by atoms with Gasteiger partial charge in [0.05, 0.1) is 6.61 Å². The number of benzene rings is 1. The molecule has 3 heterocycles. The number of rotatable bonds is 3. The topological polar surface area (TPSA) is 30.0 Å². The van der Waals surface area contributed by atoms with Crippen LogP contribution < -0.4 is 4.90 Å². The predicted molar refractivity (Wildman–Crippen MR) is 108 cm³/mol. The maximum Gasteiger partial charge on any atom is 0.0503 e. The highest BCUT2D eigenvalue weighted by Crippen LogP contribution is 2.42. The van der Waals surface area contributed by atoms with Crippen molar-refractivity contribution < 1.29 is 5.11 Å². The van der Waals surface area contributed by atoms with Gasteiger partial charge < -0.3 is 14.9 Å². The van der Waals surface area contributed by atoms with E-state index in [2.05, 4.69) is 52.9 Å². The van der Waals surface area contributed by atoms with Crippen molar-refractivity contribution in [3.8, 4) is 0 Å². The Morgan fingerprint density at radius 1 is 1.04 bits per heavy atom. The molecule has 0 unspecified atom stereocenters. The Morgan fingerprint density at radius 3 is 2.46 bits per heavy atom. The molecule has 3 saturated heterocycles. The fourth-order valence-corrected chi connectivity index (χ4v) is 5.61. The zero-order valence-electron chi connectivity index (χ0n) is 16.5. The quantitative estimate of drug-likeness (QED) is 0.901. The van der Waals surface area contributed by atoms with E-state index >= 15 is 0 Å². The fraction of sp³-hybridized carbons (Fsp3) is 0.727. The Bertz CT molecular complexity index is 596. The van der Waals surface area contributed by atoms with Crippen molar-refractivity contribution in [1.82, 2.24) is 9.80 Å². The summed E-state index contributed by atoms with van der Waals surface area (Å²) in [6.45, 7) is 8.34. The van der Waals surface area contributed by atoms with E-state index in [4.69, 9.17) is 0 Å². The molecule has 0 radical (unpaired) electrons. The maximum atomic E-state index is 10.1. The fourth-order valence-electron chi connectivity index (χ4n) is 5.61. The van der Waals surface area contributed by atoms with E-state index in [0.29, 0.717) is 18.7 Å². The number of likely N-dealkylation sites (N-methyl/N-ethyl adjacent to an activating group) is 1. The summed E-state index contributed by atoms with van der Waals surface area (Å²) in [7, 11) is 2.26. The van der Waals surface area contributed by atoms with Gasteiger partial charge in [0.25, 0.3) is 0 Å². The highest BCUT2D eigenvalue weighted by molar-refractivity contribution is 5.47. The van der Waals surface area contributed by atoms with Crippen molar-refractivity contribution in [3.63, 3.8) is 0 Å². The number of hydrogen-bond acceptors (Lipinski definition) is 4. The second-order valence-electron chi connectivity index (χ2n) is 8.92. The van der Waals surface area contributed by atoms with E-state index in [-0.39, 0.29) is 5.41 Å². The summed E-state index contributed by atoms with van der Waals surface area (Å²) in [4.78, 5) is 7.81. The average Bonchev–Trinajstić information content (AvgIpc) is 2.69. The molecule has 144 valence electrons. The Morgan fingerprint density at radius 2 is 1.77 bits per heavy atom. The Hall–Kier alpha value is -1.10. The molecule has 2 atom stereocenters. The molecule has 0 spiro atoms. The van der Waals surface area contributed by atoms with Crippen LogP contribution in [0.2, 0.25) is 0 Å². The molecule has 1 aromatic rings. The predicted octanol–water partition coefficient (Wildman–Crippen LogP) is 2.74. The second-order valence-corrected chi connectivity index (χ2v) is 8.92. The number of nitrogens with zero attached hydrogens (tertiary/aromatic N) is 3. The molecule has 1 N–H and O–H groups in total. The van der Waals surface area contributed by atoms with Crippen LogP contribution in [-0.2, 0) is 0 Å². The van der Waals surface area contributed by atoms with E-state index in [1.54, 1.807) is 0 Å². The van der Waals surface area contributed by atoms with Gasteiger partial charge in [-0.15, -0.1) is 0 Å². The third-order valence-electron chi connectivity index (χ3n) is 7.42. The summed E-state index contributed by atoms with van der Waals surface area (Å²) in [6, 6.07) is 10.2. The molecule has 3 aliphatic heterocycles. The van der Waals surface area contributed by atoms with Crippen LogP contribution in [0.4, 0.5) is 5.69 Å². The van der Waals surface area contributed by atoms with Crippen LogP contribution in [0.1, 0.15) is 37.7 Å². The highest BCUT2D eigenvalue weighted by atomic mass is 16.3. The summed E-state index contributed by atoms with van der Waals surface area (Å²) in [5.74, 6) is 0. The molecule has 0 saturated carbocycles. The molecule has 1 aromatic carbocycles. The monoisotopic (exact) mass is 357 g/mol. The minimum atomic E-state index is 0.159. The number of aryl methyl sites for hydroxylation is 1. The Balaban J connectivity index is 1.37. The molecule has 4 heteroatoms. The first kappa shape index (κ1) is 18.3. The number of anilines is 1. The first-order chi connectivity index (χ1) is 12.6. The van der Waals surface area contributed by atoms with Crippen molar-refractivity contribution in [3.05, 3.63) is 29.8 Å². The second kappa shape index (κ2) is 7.49. The molecule has 3 aliphatic rings. The van der Waals surface area contributed by atoms with E-state index in [0.717, 1.165) is 26.1 Å². The lowest BCUT2D eigenvalue weighted by Gasteiger charge is -2.55. The molecular weight excluding hydrogens is 322 g/mol. The van der Waals surface area contributed by atoms with E-state index in [1.807, 2.05) is 0 Å². The van der Waals surface area contributed by atoms with E-state index < -0.39 is 0 Å². The smallest absolute Gasteiger partial charge is 0.0503 e. The molecule has 4 rings (SSSR count). The lowest BCUT2D eigenvalue weighted by Crippen LogP contribution is -2.63. The number of piperidine rings is 3. The number of aliphatic hydroxyl groups excluding tert-OH is 1. The number of fused-ring (bicyclic) bond motifs is 1. The third kappa shape index (κ3) is 3.39. The van der Waals surface area contributed by atoms with Crippen molar-refractivity contribution in [2.24, 2.45) is 5.41 Å². The van der Waals surface area contributed by atoms with Crippen LogP contribution in [-0.4, -0.2) is 73.4 Å². The van der Waals surface area contributed by atoms with Crippen LogP contribution >= 0.6 is 0 Å². The van der Waals surface area contributed by atoms with Crippen LogP contribution in [0, 0.1) is 12.3 Å². The van der Waals surface area contributed by atoms with Gasteiger partial charge in [0.2, 0.25) is 0 Å². The van der Waals surface area contributed by atoms with Gasteiger partial charge in [-0.05, 0) is 71.3 Å². The highest BCUT2D eigenvalue weighted by Gasteiger charge is 2.47. The average molecular weight is 358 g/mol. The molecule has 0 aromatic heterocycles. The minimum Gasteiger partial charge on any atom is -0.396 e. The van der Waals surface area contributed by atoms with E-state index in [1.165, 1.54) is 50.0 Å². The normalized spacial score (nSPS) is 31.8. The van der Waals surface area contributed by atoms with Crippen molar-refractivity contribution in [2.75, 3.05) is 51.3 Å². The lowest BCUT2D eigenvalue weighted by molar-refractivity contribution is -0.0772. The van der Waals surface area contributed by atoms with Crippen molar-refractivity contribution >= 4 is 5.69 Å². The molecule has 0 aliphatic carbocycles. The zero-order chi connectivity index (χ0) is 18.1. The van der Waals surface area contributed by atoms with Gasteiger partial charge in [-0.3, -0.25) is 4.90 Å². The van der Waals surface area contributed by atoms with Gasteiger partial charge in [0.15, 0.2) is 0 Å². The first-order valence-corrected chi connectivity index (χ1v) is 10.5. The third-order valence-corrected chi connectivity index (χ3v) is 7.42. The molecule has 3 fully saturated rings. The molecule has 26 heavy (non-hydrogen) atoms. The summed E-state index contributed by atoms with van der Waals surface area (Å²) in [5, 5.41) is 10.1. The van der Waals surface area contributed by atoms with Crippen LogP contribution in [0.3, 0.4) is 0 Å². The number of aliphatic hydroxyl groups is 1. The number of likely N-dealkylation sites (tertiary alicyclic amines) is 2. The Kier molecular flexibility index (Phi) is 5.27. The van der Waals surface area contributed by atoms with Gasteiger partial charge >= 0.3 is 0 Å². The van der Waals surface area contributed by atoms with E-state index in [9.17, 15) is 5.11 Å². The van der Waals surface area contributed by atoms with Gasteiger partial charge in [0.1, 0.15) is 0 Å². The molecule has 0 amide bonds. The van der Waals surface area contributed by atoms with Gasteiger partial charge in [-0.2, -0.15) is 0 Å².